The van der Waals surface area contributed by atoms with Gasteiger partial charge in [0.15, 0.2) is 0 Å². The molecule has 2 nitrogen and oxygen atoms in total. The molecule has 1 fully saturated rings. The quantitative estimate of drug-likeness (QED) is 0.915. The number of benzene rings is 1. The lowest BCUT2D eigenvalue weighted by atomic mass is 10.0. The molecule has 3 rings (SSSR count). The van der Waals surface area contributed by atoms with Crippen LogP contribution in [-0.2, 0) is 13.0 Å². The first-order chi connectivity index (χ1) is 9.25. The fraction of sp³-hybridized carbons (Fsp3) is 0.625. The summed E-state index contributed by atoms with van der Waals surface area (Å²) in [6.45, 7) is 5.27. The molecule has 2 aliphatic heterocycles. The average Bonchev–Trinajstić information content (AvgIpc) is 2.46. The highest BCUT2D eigenvalue weighted by atomic mass is 32.2. The molecule has 19 heavy (non-hydrogen) atoms. The molecule has 1 saturated heterocycles. The van der Waals surface area contributed by atoms with Gasteiger partial charge in [0.25, 0.3) is 0 Å². The molecule has 3 heteroatoms. The van der Waals surface area contributed by atoms with Gasteiger partial charge in [-0.05, 0) is 61.7 Å². The second-order valence-electron chi connectivity index (χ2n) is 5.90. The Balaban J connectivity index is 1.63. The number of hydrogen-bond donors (Lipinski definition) is 1. The highest BCUT2D eigenvalue weighted by molar-refractivity contribution is 8.00. The molecular weight excluding hydrogens is 254 g/mol. The van der Waals surface area contributed by atoms with E-state index in [0.717, 1.165) is 31.9 Å². The van der Waals surface area contributed by atoms with Crippen molar-refractivity contribution < 1.29 is 4.74 Å². The smallest absolute Gasteiger partial charge is 0.119 e. The third-order valence-corrected chi connectivity index (χ3v) is 5.67. The molecule has 2 aliphatic rings. The molecule has 0 amide bonds. The van der Waals surface area contributed by atoms with E-state index in [1.54, 1.807) is 0 Å². The Labute approximate surface area is 120 Å². The van der Waals surface area contributed by atoms with Gasteiger partial charge in [0.1, 0.15) is 12.4 Å². The van der Waals surface area contributed by atoms with Crippen LogP contribution < -0.4 is 10.1 Å². The summed E-state index contributed by atoms with van der Waals surface area (Å²) >= 11 is 2.08. The van der Waals surface area contributed by atoms with Crippen molar-refractivity contribution in [3.05, 3.63) is 29.3 Å². The fourth-order valence-electron chi connectivity index (χ4n) is 2.89. The van der Waals surface area contributed by atoms with E-state index in [1.165, 1.54) is 36.1 Å². The van der Waals surface area contributed by atoms with E-state index >= 15 is 0 Å². The molecule has 0 aromatic heterocycles. The maximum atomic E-state index is 6.07. The summed E-state index contributed by atoms with van der Waals surface area (Å²) in [5.74, 6) is 2.32. The molecule has 1 aromatic carbocycles. The third-order valence-electron chi connectivity index (χ3n) is 4.16. The van der Waals surface area contributed by atoms with Crippen LogP contribution in [0.4, 0.5) is 0 Å². The lowest BCUT2D eigenvalue weighted by Crippen LogP contribution is -2.31. The molecule has 1 atom stereocenters. The Hall–Kier alpha value is -0.670. The molecular formula is C16H23NOS. The van der Waals surface area contributed by atoms with Crippen LogP contribution in [0.3, 0.4) is 0 Å². The Morgan fingerprint density at radius 1 is 1.32 bits per heavy atom. The highest BCUT2D eigenvalue weighted by Gasteiger charge is 2.28. The highest BCUT2D eigenvalue weighted by Crippen LogP contribution is 2.36. The molecule has 104 valence electrons. The summed E-state index contributed by atoms with van der Waals surface area (Å²) in [5.41, 5.74) is 2.88. The lowest BCUT2D eigenvalue weighted by molar-refractivity contribution is 0.266. The van der Waals surface area contributed by atoms with Crippen molar-refractivity contribution in [1.82, 2.24) is 5.32 Å². The van der Waals surface area contributed by atoms with E-state index in [4.69, 9.17) is 4.74 Å². The van der Waals surface area contributed by atoms with Crippen LogP contribution in [-0.4, -0.2) is 23.7 Å². The largest absolute Gasteiger partial charge is 0.492 e. The Kier molecular flexibility index (Phi) is 4.04. The van der Waals surface area contributed by atoms with Crippen LogP contribution in [0.5, 0.6) is 5.75 Å². The lowest BCUT2D eigenvalue weighted by Gasteiger charge is -2.32. The third kappa shape index (κ3) is 3.26. The maximum absolute atomic E-state index is 6.07. The summed E-state index contributed by atoms with van der Waals surface area (Å²) in [5, 5.41) is 3.42. The van der Waals surface area contributed by atoms with Crippen LogP contribution in [0, 0.1) is 0 Å². The van der Waals surface area contributed by atoms with Gasteiger partial charge < -0.3 is 10.1 Å². The van der Waals surface area contributed by atoms with Crippen molar-refractivity contribution in [1.29, 1.82) is 0 Å². The predicted molar refractivity (Wildman–Crippen MR) is 82.1 cm³/mol. The summed E-state index contributed by atoms with van der Waals surface area (Å²) in [6.07, 6.45) is 5.14. The molecule has 1 N–H and O–H groups in total. The first-order valence-electron chi connectivity index (χ1n) is 7.34. The average molecular weight is 277 g/mol. The van der Waals surface area contributed by atoms with E-state index in [0.29, 0.717) is 4.75 Å². The summed E-state index contributed by atoms with van der Waals surface area (Å²) in [6, 6.07) is 6.60. The predicted octanol–water partition coefficient (Wildman–Crippen LogP) is 3.39. The van der Waals surface area contributed by atoms with Crippen molar-refractivity contribution >= 4 is 11.8 Å². The van der Waals surface area contributed by atoms with E-state index in [-0.39, 0.29) is 0 Å². The minimum absolute atomic E-state index is 0.312. The monoisotopic (exact) mass is 277 g/mol. The van der Waals surface area contributed by atoms with Gasteiger partial charge in [0.2, 0.25) is 0 Å². The number of hydrogen-bond acceptors (Lipinski definition) is 3. The number of nitrogens with one attached hydrogen (secondary N) is 1. The summed E-state index contributed by atoms with van der Waals surface area (Å²) in [7, 11) is 0. The molecule has 0 bridgehead atoms. The van der Waals surface area contributed by atoms with Gasteiger partial charge >= 0.3 is 0 Å². The van der Waals surface area contributed by atoms with E-state index in [9.17, 15) is 0 Å². The van der Waals surface area contributed by atoms with Gasteiger partial charge in [0.05, 0.1) is 0 Å². The van der Waals surface area contributed by atoms with Gasteiger partial charge in [-0.25, -0.2) is 0 Å². The molecule has 0 saturated carbocycles. The van der Waals surface area contributed by atoms with E-state index < -0.39 is 0 Å². The Morgan fingerprint density at radius 2 is 2.26 bits per heavy atom. The van der Waals surface area contributed by atoms with Gasteiger partial charge in [-0.1, -0.05) is 12.5 Å². The fourth-order valence-corrected chi connectivity index (χ4v) is 4.16. The second-order valence-corrected chi connectivity index (χ2v) is 7.58. The Morgan fingerprint density at radius 3 is 3.11 bits per heavy atom. The van der Waals surface area contributed by atoms with Crippen molar-refractivity contribution in [3.63, 3.8) is 0 Å². The first-order valence-corrected chi connectivity index (χ1v) is 8.33. The first kappa shape index (κ1) is 13.3. The number of fused-ring (bicyclic) bond motifs is 1. The van der Waals surface area contributed by atoms with Crippen LogP contribution in [0.15, 0.2) is 18.2 Å². The zero-order valence-electron chi connectivity index (χ0n) is 11.7. The zero-order chi connectivity index (χ0) is 13.1. The Bertz CT molecular complexity index is 440. The van der Waals surface area contributed by atoms with E-state index in [1.807, 2.05) is 0 Å². The van der Waals surface area contributed by atoms with Crippen LogP contribution >= 0.6 is 11.8 Å². The molecule has 2 heterocycles. The number of thioether (sulfide) groups is 1. The minimum Gasteiger partial charge on any atom is -0.492 e. The van der Waals surface area contributed by atoms with Crippen molar-refractivity contribution in [2.45, 2.75) is 43.9 Å². The van der Waals surface area contributed by atoms with Crippen LogP contribution in [0.1, 0.15) is 37.3 Å². The van der Waals surface area contributed by atoms with Gasteiger partial charge in [-0.2, -0.15) is 11.8 Å². The summed E-state index contributed by atoms with van der Waals surface area (Å²) < 4.78 is 6.38. The van der Waals surface area contributed by atoms with Gasteiger partial charge in [-0.15, -0.1) is 0 Å². The topological polar surface area (TPSA) is 21.3 Å². The molecule has 1 aromatic rings. The van der Waals surface area contributed by atoms with E-state index in [2.05, 4.69) is 42.2 Å². The van der Waals surface area contributed by atoms with Crippen LogP contribution in [0.2, 0.25) is 0 Å². The molecule has 0 radical (unpaired) electrons. The minimum atomic E-state index is 0.312. The number of rotatable bonds is 3. The summed E-state index contributed by atoms with van der Waals surface area (Å²) in [4.78, 5) is 0. The zero-order valence-corrected chi connectivity index (χ0v) is 12.5. The normalized spacial score (nSPS) is 26.8. The SMILES string of the molecule is CC1(COc2ccc3c(c2)CNCC3)CCCCS1. The molecule has 1 unspecified atom stereocenters. The van der Waals surface area contributed by atoms with Crippen molar-refractivity contribution in [2.24, 2.45) is 0 Å². The molecule has 0 spiro atoms. The van der Waals surface area contributed by atoms with Gasteiger partial charge in [0, 0.05) is 11.3 Å². The standard InChI is InChI=1S/C16H23NOS/c1-16(7-2-3-9-19-16)12-18-15-5-4-13-6-8-17-11-14(13)10-15/h4-5,10,17H,2-3,6-9,11-12H2,1H3. The molecule has 0 aliphatic carbocycles. The second kappa shape index (κ2) is 5.76. The van der Waals surface area contributed by atoms with Crippen molar-refractivity contribution in [3.8, 4) is 5.75 Å². The van der Waals surface area contributed by atoms with Gasteiger partial charge in [-0.3, -0.25) is 0 Å². The van der Waals surface area contributed by atoms with Crippen LogP contribution in [0.25, 0.3) is 0 Å². The van der Waals surface area contributed by atoms with Crippen molar-refractivity contribution in [2.75, 3.05) is 18.9 Å². The number of ether oxygens (including phenoxy) is 1. The maximum Gasteiger partial charge on any atom is 0.119 e.